The summed E-state index contributed by atoms with van der Waals surface area (Å²) in [5, 5.41) is 3.39. The van der Waals surface area contributed by atoms with Gasteiger partial charge in [-0.05, 0) is 69.2 Å². The van der Waals surface area contributed by atoms with Crippen LogP contribution in [0.5, 0.6) is 11.5 Å². The van der Waals surface area contributed by atoms with Gasteiger partial charge in [0, 0.05) is 5.69 Å². The molecule has 23 heavy (non-hydrogen) atoms. The predicted octanol–water partition coefficient (Wildman–Crippen LogP) is 5.05. The van der Waals surface area contributed by atoms with Crippen molar-refractivity contribution in [3.8, 4) is 11.5 Å². The van der Waals surface area contributed by atoms with Gasteiger partial charge in [0.25, 0.3) is 0 Å². The first kappa shape index (κ1) is 17.2. The highest BCUT2D eigenvalue weighted by atomic mass is 16.5. The second-order valence-electron chi connectivity index (χ2n) is 5.99. The van der Waals surface area contributed by atoms with E-state index in [0.29, 0.717) is 0 Å². The van der Waals surface area contributed by atoms with E-state index in [0.717, 1.165) is 30.2 Å². The van der Waals surface area contributed by atoms with Crippen LogP contribution in [0, 0.1) is 6.92 Å². The van der Waals surface area contributed by atoms with E-state index in [1.165, 1.54) is 5.56 Å². The van der Waals surface area contributed by atoms with E-state index in [-0.39, 0.29) is 12.2 Å². The molecule has 2 aromatic carbocycles. The number of ether oxygens (including phenoxy) is 2. The van der Waals surface area contributed by atoms with Crippen molar-refractivity contribution in [2.24, 2.45) is 0 Å². The SMILES string of the molecule is CCC(C)Oc1ccc(NCC(C)Oc2cccc(C)c2)cc1. The van der Waals surface area contributed by atoms with Gasteiger partial charge in [-0.1, -0.05) is 19.1 Å². The van der Waals surface area contributed by atoms with Crippen molar-refractivity contribution in [3.63, 3.8) is 0 Å². The molecule has 0 fully saturated rings. The number of hydrogen-bond donors (Lipinski definition) is 1. The molecular formula is C20H27NO2. The molecular weight excluding hydrogens is 286 g/mol. The molecule has 3 heteroatoms. The highest BCUT2D eigenvalue weighted by molar-refractivity contribution is 5.46. The first-order chi connectivity index (χ1) is 11.1. The molecule has 0 heterocycles. The standard InChI is InChI=1S/C20H27NO2/c1-5-16(3)22-19-11-9-18(10-12-19)21-14-17(4)23-20-8-6-7-15(2)13-20/h6-13,16-17,21H,5,14H2,1-4H3. The van der Waals surface area contributed by atoms with Crippen molar-refractivity contribution < 1.29 is 9.47 Å². The van der Waals surface area contributed by atoms with Crippen LogP contribution in [-0.2, 0) is 0 Å². The van der Waals surface area contributed by atoms with Crippen molar-refractivity contribution in [2.45, 2.75) is 46.3 Å². The average molecular weight is 313 g/mol. The molecule has 0 saturated carbocycles. The molecule has 0 aliphatic rings. The lowest BCUT2D eigenvalue weighted by Crippen LogP contribution is -2.22. The van der Waals surface area contributed by atoms with Gasteiger partial charge in [0.1, 0.15) is 17.6 Å². The Bertz CT molecular complexity index is 595. The molecule has 2 atom stereocenters. The maximum atomic E-state index is 5.92. The minimum atomic E-state index is 0.0906. The Morgan fingerprint density at radius 2 is 1.61 bits per heavy atom. The zero-order chi connectivity index (χ0) is 16.7. The van der Waals surface area contributed by atoms with E-state index >= 15 is 0 Å². The third kappa shape index (κ3) is 5.85. The number of benzene rings is 2. The third-order valence-electron chi connectivity index (χ3n) is 3.69. The smallest absolute Gasteiger partial charge is 0.120 e. The molecule has 3 nitrogen and oxygen atoms in total. The molecule has 2 rings (SSSR count). The summed E-state index contributed by atoms with van der Waals surface area (Å²) < 4.78 is 11.7. The fraction of sp³-hybridized carbons (Fsp3) is 0.400. The van der Waals surface area contributed by atoms with Gasteiger partial charge < -0.3 is 14.8 Å². The van der Waals surface area contributed by atoms with Crippen molar-refractivity contribution in [3.05, 3.63) is 54.1 Å². The quantitative estimate of drug-likeness (QED) is 0.739. The van der Waals surface area contributed by atoms with Crippen molar-refractivity contribution in [2.75, 3.05) is 11.9 Å². The van der Waals surface area contributed by atoms with Crippen LogP contribution in [0.15, 0.2) is 48.5 Å². The molecule has 0 spiro atoms. The van der Waals surface area contributed by atoms with Gasteiger partial charge in [-0.3, -0.25) is 0 Å². The lowest BCUT2D eigenvalue weighted by atomic mass is 10.2. The maximum absolute atomic E-state index is 5.92. The molecule has 1 N–H and O–H groups in total. The Hall–Kier alpha value is -2.16. The highest BCUT2D eigenvalue weighted by Gasteiger charge is 2.05. The van der Waals surface area contributed by atoms with E-state index in [2.05, 4.69) is 45.1 Å². The summed E-state index contributed by atoms with van der Waals surface area (Å²) in [5.74, 6) is 1.82. The lowest BCUT2D eigenvalue weighted by molar-refractivity contribution is 0.217. The second kappa shape index (κ2) is 8.47. The normalized spacial score (nSPS) is 13.2. The van der Waals surface area contributed by atoms with Gasteiger partial charge in [0.05, 0.1) is 12.6 Å². The summed E-state index contributed by atoms with van der Waals surface area (Å²) in [7, 11) is 0. The van der Waals surface area contributed by atoms with E-state index in [4.69, 9.17) is 9.47 Å². The van der Waals surface area contributed by atoms with Crippen LogP contribution in [-0.4, -0.2) is 18.8 Å². The summed E-state index contributed by atoms with van der Waals surface area (Å²) in [4.78, 5) is 0. The van der Waals surface area contributed by atoms with Crippen LogP contribution >= 0.6 is 0 Å². The first-order valence-electron chi connectivity index (χ1n) is 8.30. The van der Waals surface area contributed by atoms with Gasteiger partial charge in [-0.2, -0.15) is 0 Å². The Morgan fingerprint density at radius 3 is 2.26 bits per heavy atom. The number of anilines is 1. The Balaban J connectivity index is 1.81. The van der Waals surface area contributed by atoms with Gasteiger partial charge in [-0.15, -0.1) is 0 Å². The predicted molar refractivity (Wildman–Crippen MR) is 96.6 cm³/mol. The summed E-state index contributed by atoms with van der Waals surface area (Å²) in [6.45, 7) is 9.08. The Kier molecular flexibility index (Phi) is 6.33. The summed E-state index contributed by atoms with van der Waals surface area (Å²) in [6.07, 6.45) is 1.35. The van der Waals surface area contributed by atoms with Gasteiger partial charge in [-0.25, -0.2) is 0 Å². The number of rotatable bonds is 8. The largest absolute Gasteiger partial charge is 0.491 e. The minimum Gasteiger partial charge on any atom is -0.491 e. The molecule has 2 unspecified atom stereocenters. The molecule has 124 valence electrons. The molecule has 0 aliphatic heterocycles. The molecule has 0 aromatic heterocycles. The van der Waals surface area contributed by atoms with Crippen LogP contribution in [0.3, 0.4) is 0 Å². The number of aryl methyl sites for hydroxylation is 1. The van der Waals surface area contributed by atoms with Crippen molar-refractivity contribution >= 4 is 5.69 Å². The minimum absolute atomic E-state index is 0.0906. The van der Waals surface area contributed by atoms with Crippen LogP contribution in [0.4, 0.5) is 5.69 Å². The van der Waals surface area contributed by atoms with E-state index < -0.39 is 0 Å². The van der Waals surface area contributed by atoms with E-state index in [9.17, 15) is 0 Å². The van der Waals surface area contributed by atoms with Gasteiger partial charge >= 0.3 is 0 Å². The number of hydrogen-bond acceptors (Lipinski definition) is 3. The molecule has 0 radical (unpaired) electrons. The second-order valence-corrected chi connectivity index (χ2v) is 5.99. The van der Waals surface area contributed by atoms with Crippen LogP contribution in [0.25, 0.3) is 0 Å². The fourth-order valence-electron chi connectivity index (χ4n) is 2.19. The molecule has 2 aromatic rings. The van der Waals surface area contributed by atoms with Crippen LogP contribution in [0.1, 0.15) is 32.8 Å². The van der Waals surface area contributed by atoms with Crippen LogP contribution < -0.4 is 14.8 Å². The summed E-state index contributed by atoms with van der Waals surface area (Å²) in [5.41, 5.74) is 2.28. The fourth-order valence-corrected chi connectivity index (χ4v) is 2.19. The van der Waals surface area contributed by atoms with E-state index in [1.807, 2.05) is 36.4 Å². The Labute approximate surface area is 139 Å². The van der Waals surface area contributed by atoms with Crippen molar-refractivity contribution in [1.29, 1.82) is 0 Å². The van der Waals surface area contributed by atoms with Crippen molar-refractivity contribution in [1.82, 2.24) is 0 Å². The summed E-state index contributed by atoms with van der Waals surface area (Å²) >= 11 is 0. The maximum Gasteiger partial charge on any atom is 0.120 e. The van der Waals surface area contributed by atoms with E-state index in [1.54, 1.807) is 0 Å². The van der Waals surface area contributed by atoms with Crippen LogP contribution in [0.2, 0.25) is 0 Å². The molecule has 0 bridgehead atoms. The molecule has 0 aliphatic carbocycles. The highest BCUT2D eigenvalue weighted by Crippen LogP contribution is 2.18. The number of nitrogens with one attached hydrogen (secondary N) is 1. The topological polar surface area (TPSA) is 30.5 Å². The average Bonchev–Trinajstić information content (AvgIpc) is 2.54. The Morgan fingerprint density at radius 1 is 0.913 bits per heavy atom. The van der Waals surface area contributed by atoms with Gasteiger partial charge in [0.15, 0.2) is 0 Å². The first-order valence-corrected chi connectivity index (χ1v) is 8.30. The monoisotopic (exact) mass is 313 g/mol. The van der Waals surface area contributed by atoms with Gasteiger partial charge in [0.2, 0.25) is 0 Å². The third-order valence-corrected chi connectivity index (χ3v) is 3.69. The molecule has 0 amide bonds. The summed E-state index contributed by atoms with van der Waals surface area (Å²) in [6, 6.07) is 16.2. The molecule has 0 saturated heterocycles. The lowest BCUT2D eigenvalue weighted by Gasteiger charge is -2.17. The zero-order valence-electron chi connectivity index (χ0n) is 14.5. The zero-order valence-corrected chi connectivity index (χ0v) is 14.5.